The zero-order chi connectivity index (χ0) is 27.8. The van der Waals surface area contributed by atoms with Gasteiger partial charge in [0.25, 0.3) is 0 Å². The molecule has 1 aliphatic rings. The molecule has 0 unspecified atom stereocenters. The van der Waals surface area contributed by atoms with Crippen molar-refractivity contribution in [1.29, 1.82) is 0 Å². The van der Waals surface area contributed by atoms with Gasteiger partial charge < -0.3 is 9.80 Å². The molecule has 0 atom stereocenters. The summed E-state index contributed by atoms with van der Waals surface area (Å²) in [5.41, 5.74) is 10.6. The second-order valence-corrected chi connectivity index (χ2v) is 16.4. The van der Waals surface area contributed by atoms with Crippen molar-refractivity contribution in [3.8, 4) is 0 Å². The summed E-state index contributed by atoms with van der Waals surface area (Å²) in [4.78, 5) is 8.83. The Labute approximate surface area is 238 Å². The van der Waals surface area contributed by atoms with Crippen LogP contribution in [0.15, 0.2) is 29.3 Å². The van der Waals surface area contributed by atoms with Gasteiger partial charge in [0.15, 0.2) is 0 Å². The molecule has 1 aliphatic heterocycles. The second kappa shape index (κ2) is 14.8. The average Bonchev–Trinajstić information content (AvgIpc) is 3.23. The topological polar surface area (TPSA) is 28.1 Å². The number of halogens is 2. The largest absolute Gasteiger partial charge is 0.339 e. The number of hydrogen-bond donors (Lipinski definition) is 0. The summed E-state index contributed by atoms with van der Waals surface area (Å²) >= 11 is -1.62. The Morgan fingerprint density at radius 1 is 0.892 bits per heavy atom. The molecule has 0 saturated carbocycles. The van der Waals surface area contributed by atoms with Crippen LogP contribution in [0.25, 0.3) is 0 Å². The quantitative estimate of drug-likeness (QED) is 0.169. The molecule has 206 valence electrons. The first-order chi connectivity index (χ1) is 17.3. The Kier molecular flexibility index (Phi) is 12.8. The van der Waals surface area contributed by atoms with E-state index in [-0.39, 0.29) is 5.41 Å². The third kappa shape index (κ3) is 10.1. The Hall–Kier alpha value is -1.26. The number of methoxy groups -OCH3 is 1. The van der Waals surface area contributed by atoms with Gasteiger partial charge in [0.2, 0.25) is 6.67 Å². The van der Waals surface area contributed by atoms with E-state index in [9.17, 15) is 0 Å². The van der Waals surface area contributed by atoms with E-state index in [1.807, 2.05) is 10.8 Å². The molecular formula is C30H43Cl2N3ORu. The standard InChI is InChI=1S/C21H26N2.C9H17NO.2ClH.Ru/c1-14-9-16(3)20(17(4)10-14)22-7-8-23(13-22)21-18(5)11-15(2)12-19(21)6;1-5-9(2,3)8-10-6-7-11-4;;;/h9-12H,7-8H2,1-6H3;1,8H,5-7H2,2-4H3;2*1H;/q;;;;+2/p-2. The molecule has 0 aliphatic carbocycles. The SMILES string of the molecule is COCCN=CC(C)(C)C[CH]=[Ru]([Cl])[Cl].Cc1cc(C)c(N2[C]N(c3c(C)cc(C)cc3C)CC2)c(C)c1. The first-order valence-electron chi connectivity index (χ1n) is 12.6. The van der Waals surface area contributed by atoms with Gasteiger partial charge in [-0.2, -0.15) is 0 Å². The smallest absolute Gasteiger partial charge is 0.208 e. The van der Waals surface area contributed by atoms with E-state index in [4.69, 9.17) is 24.1 Å². The van der Waals surface area contributed by atoms with Crippen LogP contribution in [0.4, 0.5) is 11.4 Å². The minimum atomic E-state index is -1.62. The molecular weight excluding hydrogens is 590 g/mol. The third-order valence-corrected chi connectivity index (χ3v) is 8.35. The van der Waals surface area contributed by atoms with Crippen molar-refractivity contribution in [3.63, 3.8) is 0 Å². The fraction of sp³-hybridized carbons (Fsp3) is 0.500. The van der Waals surface area contributed by atoms with Crippen molar-refractivity contribution in [2.24, 2.45) is 10.4 Å². The van der Waals surface area contributed by atoms with Crippen molar-refractivity contribution in [3.05, 3.63) is 64.3 Å². The zero-order valence-corrected chi connectivity index (χ0v) is 27.1. The summed E-state index contributed by atoms with van der Waals surface area (Å²) in [6.07, 6.45) is 2.84. The molecule has 1 fully saturated rings. The Balaban J connectivity index is 0.000000298. The molecule has 4 nitrogen and oxygen atoms in total. The van der Waals surface area contributed by atoms with Gasteiger partial charge in [-0.05, 0) is 63.8 Å². The number of hydrogen-bond acceptors (Lipinski definition) is 4. The number of ether oxygens (including phenoxy) is 1. The normalized spacial score (nSPS) is 14.2. The number of anilines is 2. The van der Waals surface area contributed by atoms with E-state index >= 15 is 0 Å². The van der Waals surface area contributed by atoms with Gasteiger partial charge in [-0.25, -0.2) is 0 Å². The molecule has 2 radical (unpaired) electrons. The summed E-state index contributed by atoms with van der Waals surface area (Å²) in [5, 5.41) is 0. The predicted octanol–water partition coefficient (Wildman–Crippen LogP) is 7.71. The van der Waals surface area contributed by atoms with Gasteiger partial charge in [0.05, 0.1) is 0 Å². The van der Waals surface area contributed by atoms with Crippen LogP contribution in [-0.4, -0.2) is 44.2 Å². The van der Waals surface area contributed by atoms with Crippen molar-refractivity contribution < 1.29 is 18.3 Å². The van der Waals surface area contributed by atoms with Crippen LogP contribution in [0.5, 0.6) is 0 Å². The molecule has 1 heterocycles. The van der Waals surface area contributed by atoms with Crippen LogP contribution in [0.2, 0.25) is 0 Å². The summed E-state index contributed by atoms with van der Waals surface area (Å²) in [6.45, 7) is 24.3. The Morgan fingerprint density at radius 2 is 1.32 bits per heavy atom. The van der Waals surface area contributed by atoms with Gasteiger partial charge in [-0.1, -0.05) is 35.4 Å². The number of rotatable bonds is 8. The van der Waals surface area contributed by atoms with E-state index < -0.39 is 13.5 Å². The van der Waals surface area contributed by atoms with Crippen LogP contribution < -0.4 is 9.80 Å². The van der Waals surface area contributed by atoms with Crippen LogP contribution in [0.3, 0.4) is 0 Å². The molecule has 7 heteroatoms. The number of benzene rings is 2. The minimum Gasteiger partial charge on any atom is -0.339 e. The average molecular weight is 634 g/mol. The van der Waals surface area contributed by atoms with Gasteiger partial charge in [-0.15, -0.1) is 0 Å². The Morgan fingerprint density at radius 3 is 1.70 bits per heavy atom. The summed E-state index contributed by atoms with van der Waals surface area (Å²) < 4.78 is 6.91. The summed E-state index contributed by atoms with van der Waals surface area (Å²) in [7, 11) is 13.2. The second-order valence-electron chi connectivity index (χ2n) is 10.5. The maximum absolute atomic E-state index is 5.76. The first kappa shape index (κ1) is 32.0. The third-order valence-electron chi connectivity index (χ3n) is 6.17. The van der Waals surface area contributed by atoms with Crippen molar-refractivity contribution in [2.45, 2.75) is 61.8 Å². The van der Waals surface area contributed by atoms with Crippen molar-refractivity contribution in [1.82, 2.24) is 0 Å². The zero-order valence-electron chi connectivity index (χ0n) is 23.9. The van der Waals surface area contributed by atoms with Crippen LogP contribution >= 0.6 is 19.4 Å². The molecule has 3 rings (SSSR count). The molecule has 0 N–H and O–H groups in total. The van der Waals surface area contributed by atoms with Crippen LogP contribution in [0, 0.1) is 53.6 Å². The number of nitrogens with zero attached hydrogens (tertiary/aromatic N) is 3. The van der Waals surface area contributed by atoms with Crippen molar-refractivity contribution >= 4 is 41.6 Å². The predicted molar refractivity (Wildman–Crippen MR) is 161 cm³/mol. The van der Waals surface area contributed by atoms with Crippen LogP contribution in [-0.2, 0) is 18.3 Å². The maximum atomic E-state index is 5.76. The molecule has 2 aromatic carbocycles. The Bertz CT molecular complexity index is 1000. The van der Waals surface area contributed by atoms with E-state index in [2.05, 4.69) is 101 Å². The molecule has 0 bridgehead atoms. The van der Waals surface area contributed by atoms with Crippen molar-refractivity contribution in [2.75, 3.05) is 43.2 Å². The van der Waals surface area contributed by atoms with E-state index in [0.717, 1.165) is 19.5 Å². The van der Waals surface area contributed by atoms with E-state index in [0.29, 0.717) is 13.2 Å². The molecule has 0 amide bonds. The van der Waals surface area contributed by atoms with Gasteiger partial charge in [0, 0.05) is 24.5 Å². The summed E-state index contributed by atoms with van der Waals surface area (Å²) in [5.74, 6) is 0. The number of aryl methyl sites for hydroxylation is 6. The minimum absolute atomic E-state index is 0.0455. The maximum Gasteiger partial charge on any atom is 0.208 e. The fourth-order valence-electron chi connectivity index (χ4n) is 4.71. The van der Waals surface area contributed by atoms with Gasteiger partial charge >= 0.3 is 99.4 Å². The van der Waals surface area contributed by atoms with Crippen LogP contribution in [0.1, 0.15) is 53.6 Å². The molecule has 0 spiro atoms. The fourth-order valence-corrected chi connectivity index (χ4v) is 6.54. The van der Waals surface area contributed by atoms with E-state index in [1.54, 1.807) is 7.11 Å². The van der Waals surface area contributed by atoms with Gasteiger partial charge in [0.1, 0.15) is 0 Å². The monoisotopic (exact) mass is 633 g/mol. The van der Waals surface area contributed by atoms with Gasteiger partial charge in [-0.3, -0.25) is 0 Å². The molecule has 0 aromatic heterocycles. The molecule has 2 aromatic rings. The van der Waals surface area contributed by atoms with E-state index in [1.165, 1.54) is 44.8 Å². The summed E-state index contributed by atoms with van der Waals surface area (Å²) in [6, 6.07) is 9.04. The number of aliphatic imine (C=N–C) groups is 1. The molecule has 37 heavy (non-hydrogen) atoms. The molecule has 1 saturated heterocycles. The first-order valence-corrected chi connectivity index (χ1v) is 18.1.